The summed E-state index contributed by atoms with van der Waals surface area (Å²) in [6.45, 7) is 0.0239. The van der Waals surface area contributed by atoms with Crippen LogP contribution in [0.25, 0.3) is 0 Å². The Morgan fingerprint density at radius 1 is 1.36 bits per heavy atom. The van der Waals surface area contributed by atoms with Gasteiger partial charge in [-0.3, -0.25) is 10.1 Å². The second kappa shape index (κ2) is 7.59. The molecule has 1 aromatic carbocycles. The summed E-state index contributed by atoms with van der Waals surface area (Å²) in [7, 11) is -1.85. The third kappa shape index (κ3) is 5.24. The molecule has 0 radical (unpaired) electrons. The summed E-state index contributed by atoms with van der Waals surface area (Å²) in [5.74, 6) is 0.203. The lowest BCUT2D eigenvalue weighted by atomic mass is 10.2. The van der Waals surface area contributed by atoms with Crippen molar-refractivity contribution in [3.05, 3.63) is 45.1 Å². The molecule has 0 aliphatic rings. The van der Waals surface area contributed by atoms with E-state index in [4.69, 9.17) is 11.6 Å². The minimum absolute atomic E-state index is 0.0239. The molecule has 2 rings (SSSR count). The first-order valence-corrected chi connectivity index (χ1v) is 9.16. The summed E-state index contributed by atoms with van der Waals surface area (Å²) >= 11 is 6.05. The van der Waals surface area contributed by atoms with Crippen LogP contribution in [0.4, 0.5) is 23.1 Å². The number of halogens is 1. The van der Waals surface area contributed by atoms with E-state index in [1.54, 1.807) is 18.2 Å². The van der Waals surface area contributed by atoms with Gasteiger partial charge in [-0.25, -0.2) is 18.1 Å². The molecular formula is C13H15ClN6O4S. The molecule has 134 valence electrons. The summed E-state index contributed by atoms with van der Waals surface area (Å²) in [4.78, 5) is 18.2. The second-order valence-corrected chi connectivity index (χ2v) is 7.20. The molecular weight excluding hydrogens is 372 g/mol. The lowest BCUT2D eigenvalue weighted by Gasteiger charge is -2.10. The molecule has 0 amide bonds. The number of benzene rings is 1. The fourth-order valence-corrected chi connectivity index (χ4v) is 2.48. The van der Waals surface area contributed by atoms with Crippen LogP contribution in [0.5, 0.6) is 0 Å². The Morgan fingerprint density at radius 2 is 2.08 bits per heavy atom. The first kappa shape index (κ1) is 18.8. The molecule has 0 spiro atoms. The van der Waals surface area contributed by atoms with Gasteiger partial charge < -0.3 is 10.6 Å². The Balaban J connectivity index is 2.24. The van der Waals surface area contributed by atoms with Gasteiger partial charge in [0.15, 0.2) is 0 Å². The van der Waals surface area contributed by atoms with E-state index in [9.17, 15) is 18.5 Å². The van der Waals surface area contributed by atoms with Crippen LogP contribution in [0, 0.1) is 10.1 Å². The first-order valence-electron chi connectivity index (χ1n) is 6.89. The van der Waals surface area contributed by atoms with Crippen molar-refractivity contribution >= 4 is 44.8 Å². The molecule has 0 saturated carbocycles. The zero-order valence-electron chi connectivity index (χ0n) is 13.3. The number of sulfonamides is 1. The smallest absolute Gasteiger partial charge is 0.329 e. The Hall–Kier alpha value is -2.50. The average Bonchev–Trinajstić information content (AvgIpc) is 2.54. The molecule has 3 N–H and O–H groups in total. The van der Waals surface area contributed by atoms with Crippen molar-refractivity contribution in [3.63, 3.8) is 0 Å². The molecule has 0 atom stereocenters. The van der Waals surface area contributed by atoms with Crippen LogP contribution in [-0.2, 0) is 16.6 Å². The van der Waals surface area contributed by atoms with Gasteiger partial charge in [-0.1, -0.05) is 11.6 Å². The monoisotopic (exact) mass is 386 g/mol. The minimum atomic E-state index is -3.36. The van der Waals surface area contributed by atoms with E-state index in [0.717, 1.165) is 12.5 Å². The van der Waals surface area contributed by atoms with E-state index < -0.39 is 14.9 Å². The number of anilines is 3. The van der Waals surface area contributed by atoms with Crippen molar-refractivity contribution in [2.24, 2.45) is 0 Å². The van der Waals surface area contributed by atoms with Gasteiger partial charge in [0, 0.05) is 24.3 Å². The van der Waals surface area contributed by atoms with E-state index in [2.05, 4.69) is 25.3 Å². The van der Waals surface area contributed by atoms with Crippen molar-refractivity contribution in [1.29, 1.82) is 0 Å². The number of nitrogens with one attached hydrogen (secondary N) is 3. The summed E-state index contributed by atoms with van der Waals surface area (Å²) in [5.41, 5.74) is 0.848. The van der Waals surface area contributed by atoms with Crippen LogP contribution in [0.1, 0.15) is 5.56 Å². The molecule has 1 aromatic heterocycles. The number of nitro groups is 1. The lowest BCUT2D eigenvalue weighted by molar-refractivity contribution is -0.384. The molecule has 0 unspecified atom stereocenters. The highest BCUT2D eigenvalue weighted by Crippen LogP contribution is 2.25. The summed E-state index contributed by atoms with van der Waals surface area (Å²) < 4.78 is 24.7. The third-order valence-electron chi connectivity index (χ3n) is 3.03. The predicted molar refractivity (Wildman–Crippen MR) is 94.7 cm³/mol. The minimum Gasteiger partial charge on any atom is -0.367 e. The van der Waals surface area contributed by atoms with E-state index in [-0.39, 0.29) is 24.0 Å². The molecule has 0 bridgehead atoms. The molecule has 12 heteroatoms. The Kier molecular flexibility index (Phi) is 5.72. The highest BCUT2D eigenvalue weighted by atomic mass is 35.5. The van der Waals surface area contributed by atoms with Crippen LogP contribution in [0.15, 0.2) is 24.4 Å². The van der Waals surface area contributed by atoms with E-state index in [1.165, 1.54) is 7.05 Å². The maximum Gasteiger partial charge on any atom is 0.329 e. The lowest BCUT2D eigenvalue weighted by Crippen LogP contribution is -2.21. The number of hydrogen-bond acceptors (Lipinski definition) is 8. The van der Waals surface area contributed by atoms with Gasteiger partial charge in [-0.2, -0.15) is 4.98 Å². The zero-order chi connectivity index (χ0) is 18.6. The fraction of sp³-hybridized carbons (Fsp3) is 0.231. The average molecular weight is 387 g/mol. The molecule has 25 heavy (non-hydrogen) atoms. The van der Waals surface area contributed by atoms with E-state index in [0.29, 0.717) is 16.3 Å². The molecule has 0 aliphatic heterocycles. The third-order valence-corrected chi connectivity index (χ3v) is 4.07. The standard InChI is InChI=1S/C13H15ClN6O4S/c1-15-12-11(20(21)22)7-16-13(19-12)18-9-3-4-10(14)8(5-9)6-17-25(2,23)24/h3-5,7,17H,6H2,1-2H3,(H2,15,16,18,19). The van der Waals surface area contributed by atoms with Gasteiger partial charge in [0.1, 0.15) is 6.20 Å². The van der Waals surface area contributed by atoms with Crippen LogP contribution in [-0.4, -0.2) is 36.6 Å². The Labute approximate surface area is 148 Å². The van der Waals surface area contributed by atoms with Crippen molar-refractivity contribution in [2.75, 3.05) is 23.9 Å². The Morgan fingerprint density at radius 3 is 2.68 bits per heavy atom. The van der Waals surface area contributed by atoms with E-state index in [1.807, 2.05) is 0 Å². The fourth-order valence-electron chi connectivity index (χ4n) is 1.88. The SMILES string of the molecule is CNc1nc(Nc2ccc(Cl)c(CNS(C)(=O)=O)c2)ncc1[N+](=O)[O-]. The summed E-state index contributed by atoms with van der Waals surface area (Å²) in [6.07, 6.45) is 2.14. The van der Waals surface area contributed by atoms with Crippen LogP contribution in [0.3, 0.4) is 0 Å². The molecule has 10 nitrogen and oxygen atoms in total. The quantitative estimate of drug-likeness (QED) is 0.484. The van der Waals surface area contributed by atoms with Gasteiger partial charge in [0.2, 0.25) is 21.8 Å². The van der Waals surface area contributed by atoms with Gasteiger partial charge in [-0.15, -0.1) is 0 Å². The number of aromatic nitrogens is 2. The highest BCUT2D eigenvalue weighted by molar-refractivity contribution is 7.88. The van der Waals surface area contributed by atoms with Crippen LogP contribution >= 0.6 is 11.6 Å². The van der Waals surface area contributed by atoms with Gasteiger partial charge in [0.05, 0.1) is 11.2 Å². The largest absolute Gasteiger partial charge is 0.367 e. The van der Waals surface area contributed by atoms with Crippen molar-refractivity contribution in [3.8, 4) is 0 Å². The van der Waals surface area contributed by atoms with Gasteiger partial charge in [0.25, 0.3) is 0 Å². The Bertz CT molecular complexity index is 905. The van der Waals surface area contributed by atoms with Crippen molar-refractivity contribution < 1.29 is 13.3 Å². The first-order chi connectivity index (χ1) is 11.7. The highest BCUT2D eigenvalue weighted by Gasteiger charge is 2.16. The topological polar surface area (TPSA) is 139 Å². The maximum atomic E-state index is 11.2. The zero-order valence-corrected chi connectivity index (χ0v) is 14.8. The van der Waals surface area contributed by atoms with Crippen molar-refractivity contribution in [2.45, 2.75) is 6.54 Å². The second-order valence-electron chi connectivity index (χ2n) is 4.96. The number of rotatable bonds is 7. The van der Waals surface area contributed by atoms with Crippen LogP contribution < -0.4 is 15.4 Å². The molecule has 1 heterocycles. The number of nitrogens with zero attached hydrogens (tertiary/aromatic N) is 3. The van der Waals surface area contributed by atoms with Crippen LogP contribution in [0.2, 0.25) is 5.02 Å². The summed E-state index contributed by atoms with van der Waals surface area (Å²) in [5, 5.41) is 16.8. The molecule has 0 aliphatic carbocycles. The van der Waals surface area contributed by atoms with Gasteiger partial charge >= 0.3 is 5.69 Å². The molecule has 2 aromatic rings. The van der Waals surface area contributed by atoms with E-state index >= 15 is 0 Å². The molecule has 0 saturated heterocycles. The summed E-state index contributed by atoms with van der Waals surface area (Å²) in [6, 6.07) is 4.87. The van der Waals surface area contributed by atoms with Gasteiger partial charge in [-0.05, 0) is 23.8 Å². The maximum absolute atomic E-state index is 11.2. The molecule has 0 fully saturated rings. The van der Waals surface area contributed by atoms with Crippen molar-refractivity contribution in [1.82, 2.24) is 14.7 Å². The normalized spacial score (nSPS) is 11.2. The number of hydrogen-bond donors (Lipinski definition) is 3. The predicted octanol–water partition coefficient (Wildman–Crippen LogP) is 1.87.